The van der Waals surface area contributed by atoms with Crippen molar-refractivity contribution in [1.82, 2.24) is 5.32 Å². The van der Waals surface area contributed by atoms with Crippen LogP contribution in [0.1, 0.15) is 44.6 Å². The van der Waals surface area contributed by atoms with Crippen LogP contribution < -0.4 is 5.32 Å². The summed E-state index contributed by atoms with van der Waals surface area (Å²) in [6, 6.07) is 8.44. The molecule has 18 heavy (non-hydrogen) atoms. The summed E-state index contributed by atoms with van der Waals surface area (Å²) >= 11 is 5.98. The highest BCUT2D eigenvalue weighted by Crippen LogP contribution is 2.36. The van der Waals surface area contributed by atoms with E-state index in [2.05, 4.69) is 31.3 Å². The molecule has 1 saturated heterocycles. The number of rotatable bonds is 4. The minimum absolute atomic E-state index is 0.651. The molecule has 1 heterocycles. The lowest BCUT2D eigenvalue weighted by molar-refractivity contribution is 0.227. The van der Waals surface area contributed by atoms with Crippen molar-refractivity contribution in [1.29, 1.82) is 0 Å². The second kappa shape index (κ2) is 6.58. The minimum atomic E-state index is 0.651. The van der Waals surface area contributed by atoms with Gasteiger partial charge in [0.25, 0.3) is 0 Å². The molecule has 1 fully saturated rings. The molecule has 1 nitrogen and oxygen atoms in total. The van der Waals surface area contributed by atoms with E-state index in [9.17, 15) is 0 Å². The van der Waals surface area contributed by atoms with Crippen molar-refractivity contribution in [2.24, 2.45) is 11.8 Å². The Morgan fingerprint density at radius 3 is 2.72 bits per heavy atom. The van der Waals surface area contributed by atoms with Gasteiger partial charge in [-0.1, -0.05) is 50.4 Å². The van der Waals surface area contributed by atoms with Gasteiger partial charge < -0.3 is 5.32 Å². The molecule has 0 aromatic heterocycles. The molecule has 1 N–H and O–H groups in total. The molecular weight excluding hydrogens is 242 g/mol. The molecule has 2 rings (SSSR count). The number of hydrogen-bond acceptors (Lipinski definition) is 1. The van der Waals surface area contributed by atoms with E-state index in [1.807, 2.05) is 12.1 Å². The average Bonchev–Trinajstić information content (AvgIpc) is 2.40. The molecule has 0 aliphatic carbocycles. The zero-order valence-corrected chi connectivity index (χ0v) is 12.2. The van der Waals surface area contributed by atoms with Crippen molar-refractivity contribution >= 4 is 11.6 Å². The topological polar surface area (TPSA) is 12.0 Å². The molecular formula is C16H24ClN. The van der Waals surface area contributed by atoms with Gasteiger partial charge in [0, 0.05) is 11.6 Å². The fourth-order valence-corrected chi connectivity index (χ4v) is 3.43. The predicted octanol–water partition coefficient (Wildman–Crippen LogP) is 4.47. The average molecular weight is 266 g/mol. The first kappa shape index (κ1) is 13.9. The molecule has 100 valence electrons. The highest BCUT2D eigenvalue weighted by Gasteiger charge is 2.29. The summed E-state index contributed by atoms with van der Waals surface area (Å²) in [5.74, 6) is 2.28. The van der Waals surface area contributed by atoms with Crippen LogP contribution in [-0.4, -0.2) is 13.1 Å². The van der Waals surface area contributed by atoms with E-state index in [1.54, 1.807) is 0 Å². The van der Waals surface area contributed by atoms with Gasteiger partial charge in [-0.25, -0.2) is 0 Å². The highest BCUT2D eigenvalue weighted by atomic mass is 35.5. The third-order valence-electron chi connectivity index (χ3n) is 4.31. The number of nitrogens with one attached hydrogen (secondary N) is 1. The maximum absolute atomic E-state index is 5.98. The zero-order valence-electron chi connectivity index (χ0n) is 11.5. The smallest absolute Gasteiger partial charge is 0.0406 e. The Labute approximate surface area is 116 Å². The quantitative estimate of drug-likeness (QED) is 0.847. The van der Waals surface area contributed by atoms with Gasteiger partial charge in [-0.2, -0.15) is 0 Å². The Morgan fingerprint density at radius 1 is 1.33 bits per heavy atom. The number of hydrogen-bond donors (Lipinski definition) is 1. The Balaban J connectivity index is 2.14. The van der Waals surface area contributed by atoms with E-state index >= 15 is 0 Å². The molecule has 1 aliphatic rings. The van der Waals surface area contributed by atoms with Gasteiger partial charge in [0.2, 0.25) is 0 Å². The van der Waals surface area contributed by atoms with Gasteiger partial charge >= 0.3 is 0 Å². The Kier molecular flexibility index (Phi) is 5.08. The molecule has 3 unspecified atom stereocenters. The van der Waals surface area contributed by atoms with Crippen LogP contribution in [0.5, 0.6) is 0 Å². The molecule has 2 heteroatoms. The van der Waals surface area contributed by atoms with Crippen LogP contribution in [0.4, 0.5) is 0 Å². The summed E-state index contributed by atoms with van der Waals surface area (Å²) in [7, 11) is 0. The van der Waals surface area contributed by atoms with Crippen molar-refractivity contribution in [3.63, 3.8) is 0 Å². The van der Waals surface area contributed by atoms with Gasteiger partial charge in [-0.15, -0.1) is 0 Å². The predicted molar refractivity (Wildman–Crippen MR) is 79.2 cm³/mol. The second-order valence-electron chi connectivity index (χ2n) is 5.58. The van der Waals surface area contributed by atoms with Crippen LogP contribution in [0.2, 0.25) is 5.02 Å². The first-order valence-corrected chi connectivity index (χ1v) is 7.56. The van der Waals surface area contributed by atoms with E-state index in [0.29, 0.717) is 5.92 Å². The van der Waals surface area contributed by atoms with Crippen molar-refractivity contribution in [2.45, 2.75) is 39.0 Å². The number of piperidine rings is 1. The molecule has 1 aliphatic heterocycles. The van der Waals surface area contributed by atoms with Gasteiger partial charge in [0.05, 0.1) is 0 Å². The summed E-state index contributed by atoms with van der Waals surface area (Å²) in [5, 5.41) is 4.38. The zero-order chi connectivity index (χ0) is 13.0. The Bertz CT molecular complexity index is 360. The van der Waals surface area contributed by atoms with Gasteiger partial charge in [-0.05, 0) is 48.4 Å². The molecule has 0 saturated carbocycles. The van der Waals surface area contributed by atoms with Gasteiger partial charge in [-0.3, -0.25) is 0 Å². The molecule has 1 aromatic carbocycles. The van der Waals surface area contributed by atoms with Crippen molar-refractivity contribution in [3.8, 4) is 0 Å². The standard InChI is InChI=1S/C16H24ClN/c1-3-4-12(2)15-9-10-18-11-16(15)13-5-7-14(17)8-6-13/h5-8,12,15-16,18H,3-4,9-11H2,1-2H3. The summed E-state index contributed by atoms with van der Waals surface area (Å²) in [6.45, 7) is 6.99. The molecule has 0 amide bonds. The van der Waals surface area contributed by atoms with Gasteiger partial charge in [0.15, 0.2) is 0 Å². The van der Waals surface area contributed by atoms with Crippen LogP contribution in [-0.2, 0) is 0 Å². The summed E-state index contributed by atoms with van der Waals surface area (Å²) in [4.78, 5) is 0. The van der Waals surface area contributed by atoms with E-state index in [1.165, 1.54) is 31.4 Å². The summed E-state index contributed by atoms with van der Waals surface area (Å²) in [5.41, 5.74) is 1.44. The molecule has 0 radical (unpaired) electrons. The van der Waals surface area contributed by atoms with Crippen molar-refractivity contribution < 1.29 is 0 Å². The lowest BCUT2D eigenvalue weighted by atomic mass is 9.73. The molecule has 0 bridgehead atoms. The van der Waals surface area contributed by atoms with Crippen molar-refractivity contribution in [3.05, 3.63) is 34.9 Å². The van der Waals surface area contributed by atoms with Crippen LogP contribution in [0.3, 0.4) is 0 Å². The van der Waals surface area contributed by atoms with Gasteiger partial charge in [0.1, 0.15) is 0 Å². The number of halogens is 1. The molecule has 0 spiro atoms. The maximum Gasteiger partial charge on any atom is 0.0406 e. The second-order valence-corrected chi connectivity index (χ2v) is 6.02. The third-order valence-corrected chi connectivity index (χ3v) is 4.56. The summed E-state index contributed by atoms with van der Waals surface area (Å²) < 4.78 is 0. The van der Waals surface area contributed by atoms with Crippen LogP contribution in [0.25, 0.3) is 0 Å². The fraction of sp³-hybridized carbons (Fsp3) is 0.625. The normalized spacial score (nSPS) is 25.9. The van der Waals surface area contributed by atoms with Crippen molar-refractivity contribution in [2.75, 3.05) is 13.1 Å². The molecule has 1 aromatic rings. The van der Waals surface area contributed by atoms with Crippen LogP contribution >= 0.6 is 11.6 Å². The monoisotopic (exact) mass is 265 g/mol. The lowest BCUT2D eigenvalue weighted by Gasteiger charge is -2.36. The minimum Gasteiger partial charge on any atom is -0.316 e. The van der Waals surface area contributed by atoms with Crippen LogP contribution in [0, 0.1) is 11.8 Å². The van der Waals surface area contributed by atoms with Crippen LogP contribution in [0.15, 0.2) is 24.3 Å². The van der Waals surface area contributed by atoms with E-state index in [4.69, 9.17) is 11.6 Å². The Morgan fingerprint density at radius 2 is 2.06 bits per heavy atom. The number of benzene rings is 1. The SMILES string of the molecule is CCCC(C)C1CCNCC1c1ccc(Cl)cc1. The third kappa shape index (κ3) is 3.27. The highest BCUT2D eigenvalue weighted by molar-refractivity contribution is 6.30. The fourth-order valence-electron chi connectivity index (χ4n) is 3.30. The summed E-state index contributed by atoms with van der Waals surface area (Å²) in [6.07, 6.45) is 3.93. The first-order chi connectivity index (χ1) is 8.72. The maximum atomic E-state index is 5.98. The van der Waals surface area contributed by atoms with E-state index < -0.39 is 0 Å². The Hall–Kier alpha value is -0.530. The lowest BCUT2D eigenvalue weighted by Crippen LogP contribution is -2.37. The first-order valence-electron chi connectivity index (χ1n) is 7.18. The largest absolute Gasteiger partial charge is 0.316 e. The van der Waals surface area contributed by atoms with E-state index in [-0.39, 0.29) is 0 Å². The van der Waals surface area contributed by atoms with E-state index in [0.717, 1.165) is 23.4 Å². The molecule has 3 atom stereocenters.